The average Bonchev–Trinajstić information content (AvgIpc) is 2.44. The average molecular weight is 368 g/mol. The number of alkyl halides is 1. The van der Waals surface area contributed by atoms with Crippen LogP contribution >= 0.6 is 49.9 Å². The molecule has 0 aliphatic rings. The normalized spacial score (nSPS) is 10.9. The summed E-state index contributed by atoms with van der Waals surface area (Å²) in [5.41, 5.74) is 6.57. The molecule has 0 aliphatic heterocycles. The van der Waals surface area contributed by atoms with Crippen LogP contribution in [0.15, 0.2) is 18.2 Å². The van der Waals surface area contributed by atoms with E-state index < -0.39 is 0 Å². The molecule has 0 saturated carbocycles. The van der Waals surface area contributed by atoms with Crippen molar-refractivity contribution < 1.29 is 0 Å². The summed E-state index contributed by atoms with van der Waals surface area (Å²) in [5.74, 6) is 0. The Hall–Kier alpha value is 0.190. The number of hydrogen-bond acceptors (Lipinski definition) is 2. The van der Waals surface area contributed by atoms with Crippen molar-refractivity contribution in [3.63, 3.8) is 0 Å². The van der Waals surface area contributed by atoms with Gasteiger partial charge >= 0.3 is 0 Å². The molecule has 0 bridgehead atoms. The second-order valence-electron chi connectivity index (χ2n) is 2.73. The van der Waals surface area contributed by atoms with Crippen LogP contribution in [0.25, 0.3) is 10.1 Å². The van der Waals surface area contributed by atoms with Crippen molar-refractivity contribution in [2.75, 3.05) is 5.73 Å². The molecule has 4 heteroatoms. The topological polar surface area (TPSA) is 26.0 Å². The molecule has 0 radical (unpaired) electrons. The Balaban J connectivity index is 2.77. The van der Waals surface area contributed by atoms with E-state index in [1.54, 1.807) is 0 Å². The highest BCUT2D eigenvalue weighted by atomic mass is 127. The molecule has 1 aromatic heterocycles. The monoisotopic (exact) mass is 367 g/mol. The quantitative estimate of drug-likeness (QED) is 0.460. The van der Waals surface area contributed by atoms with Crippen LogP contribution in [0.4, 0.5) is 5.69 Å². The van der Waals surface area contributed by atoms with Gasteiger partial charge in [-0.3, -0.25) is 0 Å². The number of hydrogen-bond donors (Lipinski definition) is 1. The Bertz CT molecular complexity index is 452. The first-order valence-electron chi connectivity index (χ1n) is 3.74. The van der Waals surface area contributed by atoms with Gasteiger partial charge < -0.3 is 5.73 Å². The third-order valence-electron chi connectivity index (χ3n) is 1.84. The SMILES string of the molecule is Nc1ccc2sc(CBr)c(I)c2c1. The van der Waals surface area contributed by atoms with E-state index >= 15 is 0 Å². The highest BCUT2D eigenvalue weighted by Crippen LogP contribution is 2.34. The maximum Gasteiger partial charge on any atom is 0.0388 e. The molecule has 2 rings (SSSR count). The van der Waals surface area contributed by atoms with Crippen molar-refractivity contribution in [1.82, 2.24) is 0 Å². The molecule has 0 saturated heterocycles. The molecule has 1 nitrogen and oxygen atoms in total. The Morgan fingerprint density at radius 3 is 2.92 bits per heavy atom. The fraction of sp³-hybridized carbons (Fsp3) is 0.111. The lowest BCUT2D eigenvalue weighted by Gasteiger charge is -1.93. The van der Waals surface area contributed by atoms with Crippen LogP contribution in [0.2, 0.25) is 0 Å². The summed E-state index contributed by atoms with van der Waals surface area (Å²) < 4.78 is 2.63. The lowest BCUT2D eigenvalue weighted by Crippen LogP contribution is -1.82. The lowest BCUT2D eigenvalue weighted by molar-refractivity contribution is 1.55. The predicted molar refractivity (Wildman–Crippen MR) is 71.6 cm³/mol. The van der Waals surface area contributed by atoms with E-state index in [2.05, 4.69) is 44.6 Å². The van der Waals surface area contributed by atoms with Gasteiger partial charge in [-0.25, -0.2) is 0 Å². The molecule has 0 fully saturated rings. The molecule has 0 unspecified atom stereocenters. The minimum absolute atomic E-state index is 0.837. The zero-order valence-corrected chi connectivity index (χ0v) is 11.2. The third kappa shape index (κ3) is 1.71. The molecular weight excluding hydrogens is 361 g/mol. The van der Waals surface area contributed by atoms with E-state index in [4.69, 9.17) is 5.73 Å². The summed E-state index contributed by atoms with van der Waals surface area (Å²) in [6.45, 7) is 0. The molecule has 0 aliphatic carbocycles. The number of nitrogens with two attached hydrogens (primary N) is 1. The standard InChI is InChI=1S/C9H7BrINS/c10-4-8-9(11)6-3-5(12)1-2-7(6)13-8/h1-3H,4,12H2. The van der Waals surface area contributed by atoms with Gasteiger partial charge in [0.25, 0.3) is 0 Å². The largest absolute Gasteiger partial charge is 0.399 e. The van der Waals surface area contributed by atoms with E-state index in [1.165, 1.54) is 18.5 Å². The minimum Gasteiger partial charge on any atom is -0.399 e. The third-order valence-corrected chi connectivity index (χ3v) is 5.54. The van der Waals surface area contributed by atoms with E-state index in [9.17, 15) is 0 Å². The zero-order chi connectivity index (χ0) is 9.42. The van der Waals surface area contributed by atoms with Gasteiger partial charge in [-0.2, -0.15) is 0 Å². The van der Waals surface area contributed by atoms with Crippen molar-refractivity contribution in [3.05, 3.63) is 26.6 Å². The van der Waals surface area contributed by atoms with Crippen molar-refractivity contribution in [2.24, 2.45) is 0 Å². The van der Waals surface area contributed by atoms with Gasteiger partial charge in [0.05, 0.1) is 0 Å². The maximum absolute atomic E-state index is 5.73. The summed E-state index contributed by atoms with van der Waals surface area (Å²) in [6.07, 6.45) is 0. The zero-order valence-electron chi connectivity index (χ0n) is 6.68. The molecule has 2 N–H and O–H groups in total. The molecule has 0 atom stereocenters. The number of nitrogen functional groups attached to an aromatic ring is 1. The van der Waals surface area contributed by atoms with Gasteiger partial charge in [-0.15, -0.1) is 11.3 Å². The Labute approximate surface area is 103 Å². The van der Waals surface area contributed by atoms with E-state index in [0.717, 1.165) is 11.0 Å². The fourth-order valence-electron chi connectivity index (χ4n) is 1.22. The van der Waals surface area contributed by atoms with Crippen molar-refractivity contribution in [3.8, 4) is 0 Å². The van der Waals surface area contributed by atoms with Crippen LogP contribution in [-0.2, 0) is 5.33 Å². The summed E-state index contributed by atoms with van der Waals surface area (Å²) in [7, 11) is 0. The van der Waals surface area contributed by atoms with Crippen LogP contribution in [0.1, 0.15) is 4.88 Å². The summed E-state index contributed by atoms with van der Waals surface area (Å²) >= 11 is 7.68. The predicted octanol–water partition coefficient (Wildman–Crippen LogP) is 3.98. The second-order valence-corrected chi connectivity index (χ2v) is 5.50. The van der Waals surface area contributed by atoms with Crippen LogP contribution < -0.4 is 5.73 Å². The number of halogens is 2. The van der Waals surface area contributed by atoms with Gasteiger partial charge in [0, 0.05) is 29.6 Å². The first-order chi connectivity index (χ1) is 6.22. The van der Waals surface area contributed by atoms with Gasteiger partial charge in [-0.05, 0) is 40.8 Å². The first kappa shape index (κ1) is 9.73. The Morgan fingerprint density at radius 1 is 1.46 bits per heavy atom. The van der Waals surface area contributed by atoms with Crippen LogP contribution in [0, 0.1) is 3.57 Å². The maximum atomic E-state index is 5.73. The fourth-order valence-corrected chi connectivity index (χ4v) is 4.45. The van der Waals surface area contributed by atoms with Gasteiger partial charge in [0.1, 0.15) is 0 Å². The number of anilines is 1. The molecular formula is C9H7BrINS. The van der Waals surface area contributed by atoms with Crippen molar-refractivity contribution in [2.45, 2.75) is 5.33 Å². The van der Waals surface area contributed by atoms with Crippen LogP contribution in [0.3, 0.4) is 0 Å². The number of rotatable bonds is 1. The summed E-state index contributed by atoms with van der Waals surface area (Å²) in [6, 6.07) is 6.08. The van der Waals surface area contributed by atoms with Crippen molar-refractivity contribution in [1.29, 1.82) is 0 Å². The van der Waals surface area contributed by atoms with Gasteiger partial charge in [0.15, 0.2) is 0 Å². The Kier molecular flexibility index (Phi) is 2.80. The minimum atomic E-state index is 0.837. The summed E-state index contributed by atoms with van der Waals surface area (Å²) in [5, 5.41) is 2.20. The van der Waals surface area contributed by atoms with E-state index in [0.29, 0.717) is 0 Å². The molecule has 13 heavy (non-hydrogen) atoms. The molecule has 68 valence electrons. The van der Waals surface area contributed by atoms with Gasteiger partial charge in [0.2, 0.25) is 0 Å². The molecule has 1 aromatic carbocycles. The highest BCUT2D eigenvalue weighted by molar-refractivity contribution is 14.1. The van der Waals surface area contributed by atoms with Crippen LogP contribution in [-0.4, -0.2) is 0 Å². The first-order valence-corrected chi connectivity index (χ1v) is 6.76. The lowest BCUT2D eigenvalue weighted by atomic mass is 10.2. The molecule has 1 heterocycles. The Morgan fingerprint density at radius 2 is 2.23 bits per heavy atom. The molecule has 0 spiro atoms. The van der Waals surface area contributed by atoms with Crippen LogP contribution in [0.5, 0.6) is 0 Å². The number of thiophene rings is 1. The smallest absolute Gasteiger partial charge is 0.0388 e. The second kappa shape index (κ2) is 3.74. The number of benzene rings is 1. The number of fused-ring (bicyclic) bond motifs is 1. The van der Waals surface area contributed by atoms with E-state index in [-0.39, 0.29) is 0 Å². The summed E-state index contributed by atoms with van der Waals surface area (Å²) in [4.78, 5) is 1.38. The highest BCUT2D eigenvalue weighted by Gasteiger charge is 2.08. The molecule has 2 aromatic rings. The van der Waals surface area contributed by atoms with E-state index in [1.807, 2.05) is 23.5 Å². The van der Waals surface area contributed by atoms with Crippen molar-refractivity contribution >= 4 is 65.6 Å². The molecule has 0 amide bonds. The van der Waals surface area contributed by atoms with Gasteiger partial charge in [-0.1, -0.05) is 15.9 Å².